The van der Waals surface area contributed by atoms with Gasteiger partial charge in [0.1, 0.15) is 0 Å². The average molecular weight is 352 g/mol. The summed E-state index contributed by atoms with van der Waals surface area (Å²) in [4.78, 5) is 8.28. The molecule has 2 heterocycles. The van der Waals surface area contributed by atoms with Crippen LogP contribution in [0.2, 0.25) is 0 Å². The Morgan fingerprint density at radius 3 is 1.96 bits per heavy atom. The summed E-state index contributed by atoms with van der Waals surface area (Å²) in [6, 6.07) is 1.50. The quantitative estimate of drug-likeness (QED) is 0.488. The first-order chi connectivity index (χ1) is 12.1. The van der Waals surface area contributed by atoms with Crippen molar-refractivity contribution in [1.82, 2.24) is 14.7 Å². The van der Waals surface area contributed by atoms with Crippen molar-refractivity contribution in [3.05, 3.63) is 0 Å². The third-order valence-electron chi connectivity index (χ3n) is 6.89. The monoisotopic (exact) mass is 351 g/mol. The molecule has 0 radical (unpaired) electrons. The van der Waals surface area contributed by atoms with Gasteiger partial charge in [0.05, 0.1) is 13.3 Å². The summed E-state index contributed by atoms with van der Waals surface area (Å²) >= 11 is 0. The molecular weight excluding hydrogens is 306 g/mol. The lowest BCUT2D eigenvalue weighted by Gasteiger charge is -2.29. The molecule has 0 amide bonds. The van der Waals surface area contributed by atoms with Gasteiger partial charge in [-0.05, 0) is 31.6 Å². The third-order valence-corrected chi connectivity index (χ3v) is 6.89. The van der Waals surface area contributed by atoms with Gasteiger partial charge in [0.15, 0.2) is 0 Å². The van der Waals surface area contributed by atoms with Crippen molar-refractivity contribution in [2.75, 3.05) is 33.0 Å². The van der Waals surface area contributed by atoms with Gasteiger partial charge in [-0.3, -0.25) is 14.7 Å². The SMILES string of the molecule is CCCCC(CC)CN1CC2[C@@H](C)N(CC(CC)CCCC)CN2C1. The molecule has 2 aliphatic rings. The van der Waals surface area contributed by atoms with Gasteiger partial charge >= 0.3 is 0 Å². The first-order valence-corrected chi connectivity index (χ1v) is 11.3. The van der Waals surface area contributed by atoms with Crippen LogP contribution in [0.3, 0.4) is 0 Å². The Morgan fingerprint density at radius 2 is 1.44 bits per heavy atom. The van der Waals surface area contributed by atoms with Crippen LogP contribution in [-0.4, -0.2) is 59.8 Å². The Morgan fingerprint density at radius 1 is 0.840 bits per heavy atom. The topological polar surface area (TPSA) is 9.72 Å². The van der Waals surface area contributed by atoms with E-state index in [4.69, 9.17) is 0 Å². The molecule has 0 aliphatic carbocycles. The summed E-state index contributed by atoms with van der Waals surface area (Å²) in [5, 5.41) is 0. The molecule has 3 nitrogen and oxygen atoms in total. The summed E-state index contributed by atoms with van der Waals surface area (Å²) in [6.45, 7) is 18.2. The highest BCUT2D eigenvalue weighted by Crippen LogP contribution is 2.29. The third kappa shape index (κ3) is 5.94. The van der Waals surface area contributed by atoms with Crippen LogP contribution in [-0.2, 0) is 0 Å². The fourth-order valence-corrected chi connectivity index (χ4v) is 4.90. The number of hydrogen-bond donors (Lipinski definition) is 0. The summed E-state index contributed by atoms with van der Waals surface area (Å²) in [7, 11) is 0. The van der Waals surface area contributed by atoms with E-state index in [1.807, 2.05) is 0 Å². The lowest BCUT2D eigenvalue weighted by atomic mass is 9.97. The van der Waals surface area contributed by atoms with Gasteiger partial charge in [0.2, 0.25) is 0 Å². The average Bonchev–Trinajstić information content (AvgIpc) is 3.14. The minimum absolute atomic E-state index is 0.733. The zero-order chi connectivity index (χ0) is 18.2. The van der Waals surface area contributed by atoms with Gasteiger partial charge < -0.3 is 0 Å². The number of nitrogens with zero attached hydrogens (tertiary/aromatic N) is 3. The van der Waals surface area contributed by atoms with Gasteiger partial charge in [0, 0.05) is 31.7 Å². The van der Waals surface area contributed by atoms with E-state index >= 15 is 0 Å². The number of rotatable bonds is 12. The van der Waals surface area contributed by atoms with Crippen molar-refractivity contribution in [2.24, 2.45) is 11.8 Å². The van der Waals surface area contributed by atoms with Crippen molar-refractivity contribution in [1.29, 1.82) is 0 Å². The van der Waals surface area contributed by atoms with Crippen LogP contribution in [0.15, 0.2) is 0 Å². The van der Waals surface area contributed by atoms with Crippen LogP contribution in [0.25, 0.3) is 0 Å². The molecule has 2 aliphatic heterocycles. The maximum Gasteiger partial charge on any atom is 0.0525 e. The van der Waals surface area contributed by atoms with Crippen molar-refractivity contribution < 1.29 is 0 Å². The molecule has 25 heavy (non-hydrogen) atoms. The fourth-order valence-electron chi connectivity index (χ4n) is 4.90. The van der Waals surface area contributed by atoms with E-state index < -0.39 is 0 Å². The molecule has 2 rings (SSSR count). The molecule has 0 aromatic carbocycles. The summed E-state index contributed by atoms with van der Waals surface area (Å²) < 4.78 is 0. The Labute approximate surface area is 158 Å². The Balaban J connectivity index is 1.79. The largest absolute Gasteiger partial charge is 0.289 e. The van der Waals surface area contributed by atoms with E-state index in [0.717, 1.165) is 23.9 Å². The molecule has 0 aromatic heterocycles. The van der Waals surface area contributed by atoms with E-state index in [-0.39, 0.29) is 0 Å². The van der Waals surface area contributed by atoms with Crippen LogP contribution in [0.5, 0.6) is 0 Å². The van der Waals surface area contributed by atoms with E-state index in [1.165, 1.54) is 84.3 Å². The minimum Gasteiger partial charge on any atom is -0.289 e. The minimum atomic E-state index is 0.733. The van der Waals surface area contributed by atoms with E-state index in [0.29, 0.717) is 0 Å². The van der Waals surface area contributed by atoms with E-state index in [1.54, 1.807) is 0 Å². The second-order valence-electron chi connectivity index (χ2n) is 8.82. The molecule has 0 spiro atoms. The van der Waals surface area contributed by atoms with Crippen LogP contribution in [0.1, 0.15) is 86.0 Å². The molecule has 3 heteroatoms. The molecule has 0 N–H and O–H groups in total. The molecule has 2 saturated heterocycles. The van der Waals surface area contributed by atoms with Gasteiger partial charge in [-0.15, -0.1) is 0 Å². The van der Waals surface area contributed by atoms with Crippen LogP contribution < -0.4 is 0 Å². The van der Waals surface area contributed by atoms with Gasteiger partial charge in [-0.25, -0.2) is 0 Å². The predicted molar refractivity (Wildman–Crippen MR) is 110 cm³/mol. The standard InChI is InChI=1S/C22H45N3/c1-6-10-12-20(8-3)14-23-16-22-19(5)24(18-25(22)17-23)15-21(9-4)13-11-7-2/h19-22H,6-18H2,1-5H3/t19-,20?,21?,22?/m1/s1. The Kier molecular flexibility index (Phi) is 9.23. The zero-order valence-electron chi connectivity index (χ0n) is 17.8. The number of unbranched alkanes of at least 4 members (excludes halogenated alkanes) is 2. The highest BCUT2D eigenvalue weighted by molar-refractivity contribution is 4.96. The Bertz CT molecular complexity index is 359. The lowest BCUT2D eigenvalue weighted by Crippen LogP contribution is -2.40. The normalized spacial score (nSPS) is 27.7. The van der Waals surface area contributed by atoms with Crippen LogP contribution in [0, 0.1) is 11.8 Å². The predicted octanol–water partition coefficient (Wildman–Crippen LogP) is 5.02. The lowest BCUT2D eigenvalue weighted by molar-refractivity contribution is 0.148. The fraction of sp³-hybridized carbons (Fsp3) is 1.00. The van der Waals surface area contributed by atoms with E-state index in [9.17, 15) is 0 Å². The molecule has 0 aromatic rings. The zero-order valence-corrected chi connectivity index (χ0v) is 17.8. The maximum atomic E-state index is 2.78. The highest BCUT2D eigenvalue weighted by Gasteiger charge is 2.43. The van der Waals surface area contributed by atoms with Gasteiger partial charge in [0.25, 0.3) is 0 Å². The highest BCUT2D eigenvalue weighted by atomic mass is 15.5. The molecule has 148 valence electrons. The number of fused-ring (bicyclic) bond motifs is 1. The van der Waals surface area contributed by atoms with Crippen molar-refractivity contribution in [2.45, 2.75) is 98.1 Å². The Hall–Kier alpha value is -0.120. The van der Waals surface area contributed by atoms with Crippen molar-refractivity contribution in [3.8, 4) is 0 Å². The summed E-state index contributed by atoms with van der Waals surface area (Å²) in [5.41, 5.74) is 0. The first kappa shape index (κ1) is 21.2. The molecular formula is C22H45N3. The van der Waals surface area contributed by atoms with Crippen LogP contribution >= 0.6 is 0 Å². The van der Waals surface area contributed by atoms with Crippen molar-refractivity contribution in [3.63, 3.8) is 0 Å². The molecule has 0 saturated carbocycles. The van der Waals surface area contributed by atoms with Gasteiger partial charge in [-0.2, -0.15) is 0 Å². The first-order valence-electron chi connectivity index (χ1n) is 11.3. The van der Waals surface area contributed by atoms with Crippen molar-refractivity contribution >= 4 is 0 Å². The van der Waals surface area contributed by atoms with Crippen LogP contribution in [0.4, 0.5) is 0 Å². The molecule has 2 fully saturated rings. The molecule has 3 unspecified atom stereocenters. The van der Waals surface area contributed by atoms with E-state index in [2.05, 4.69) is 49.3 Å². The van der Waals surface area contributed by atoms with Gasteiger partial charge in [-0.1, -0.05) is 66.2 Å². The summed E-state index contributed by atoms with van der Waals surface area (Å²) in [6.07, 6.45) is 11.0. The summed E-state index contributed by atoms with van der Waals surface area (Å²) in [5.74, 6) is 1.81. The molecule has 4 atom stereocenters. The second kappa shape index (κ2) is 10.9. The smallest absolute Gasteiger partial charge is 0.0525 e. The molecule has 0 bridgehead atoms. The maximum absolute atomic E-state index is 2.78. The number of hydrogen-bond acceptors (Lipinski definition) is 3. The second-order valence-corrected chi connectivity index (χ2v) is 8.82.